The van der Waals surface area contributed by atoms with Gasteiger partial charge in [-0.25, -0.2) is 0 Å². The van der Waals surface area contributed by atoms with Crippen molar-refractivity contribution in [3.8, 4) is 0 Å². The summed E-state index contributed by atoms with van der Waals surface area (Å²) in [7, 11) is 0. The van der Waals surface area contributed by atoms with Crippen LogP contribution in [0.1, 0.15) is 45.4 Å². The third-order valence-electron chi connectivity index (χ3n) is 4.20. The van der Waals surface area contributed by atoms with E-state index in [9.17, 15) is 0 Å². The molecule has 0 heterocycles. The van der Waals surface area contributed by atoms with Crippen LogP contribution in [0.15, 0.2) is 12.2 Å². The maximum Gasteiger partial charge on any atom is 0.0309 e. The lowest BCUT2D eigenvalue weighted by Crippen LogP contribution is -2.53. The maximum atomic E-state index is 5.98. The van der Waals surface area contributed by atoms with Crippen molar-refractivity contribution in [1.29, 1.82) is 0 Å². The minimum absolute atomic E-state index is 0.261. The molecule has 0 bridgehead atoms. The summed E-state index contributed by atoms with van der Waals surface area (Å²) < 4.78 is 0. The molecule has 0 radical (unpaired) electrons. The molecule has 3 N–H and O–H groups in total. The summed E-state index contributed by atoms with van der Waals surface area (Å²) in [5.41, 5.74) is 6.24. The molecule has 0 spiro atoms. The van der Waals surface area contributed by atoms with Crippen LogP contribution in [0.2, 0.25) is 0 Å². The van der Waals surface area contributed by atoms with Gasteiger partial charge in [-0.15, -0.1) is 0 Å². The number of nitrogens with one attached hydrogen (secondary N) is 1. The Morgan fingerprint density at radius 3 is 2.67 bits per heavy atom. The second-order valence-corrected chi connectivity index (χ2v) is 5.29. The lowest BCUT2D eigenvalue weighted by atomic mass is 9.93. The van der Waals surface area contributed by atoms with Gasteiger partial charge in [0.25, 0.3) is 0 Å². The Labute approximate surface area is 93.3 Å². The summed E-state index contributed by atoms with van der Waals surface area (Å²) in [4.78, 5) is 0. The average molecular weight is 208 g/mol. The van der Waals surface area contributed by atoms with Crippen LogP contribution < -0.4 is 11.1 Å². The van der Waals surface area contributed by atoms with Gasteiger partial charge < -0.3 is 11.1 Å². The van der Waals surface area contributed by atoms with Crippen molar-refractivity contribution < 1.29 is 0 Å². The topological polar surface area (TPSA) is 38.0 Å². The Balaban J connectivity index is 1.91. The van der Waals surface area contributed by atoms with Gasteiger partial charge in [-0.05, 0) is 38.0 Å². The largest absolute Gasteiger partial charge is 0.329 e. The molecule has 2 aliphatic carbocycles. The highest BCUT2D eigenvalue weighted by atomic mass is 15.0. The summed E-state index contributed by atoms with van der Waals surface area (Å²) in [5, 5.41) is 3.82. The van der Waals surface area contributed by atoms with Crippen molar-refractivity contribution in [2.75, 3.05) is 6.54 Å². The SMILES string of the molecule is CCC1CCC(CN)(NC2CC=CC2)C1. The molecular formula is C13H24N2. The molecule has 0 saturated heterocycles. The second kappa shape index (κ2) is 4.67. The van der Waals surface area contributed by atoms with Crippen molar-refractivity contribution in [2.45, 2.75) is 57.0 Å². The third kappa shape index (κ3) is 2.43. The van der Waals surface area contributed by atoms with Crippen LogP contribution in [0.25, 0.3) is 0 Å². The fourth-order valence-corrected chi connectivity index (χ4v) is 3.13. The van der Waals surface area contributed by atoms with E-state index in [4.69, 9.17) is 5.73 Å². The smallest absolute Gasteiger partial charge is 0.0309 e. The minimum Gasteiger partial charge on any atom is -0.329 e. The second-order valence-electron chi connectivity index (χ2n) is 5.29. The first kappa shape index (κ1) is 11.2. The van der Waals surface area contributed by atoms with Gasteiger partial charge in [-0.2, -0.15) is 0 Å². The van der Waals surface area contributed by atoms with Crippen LogP contribution in [0, 0.1) is 5.92 Å². The van der Waals surface area contributed by atoms with Gasteiger partial charge in [0.2, 0.25) is 0 Å². The number of hydrogen-bond donors (Lipinski definition) is 2. The fourth-order valence-electron chi connectivity index (χ4n) is 3.13. The van der Waals surface area contributed by atoms with E-state index in [1.54, 1.807) is 0 Å². The number of rotatable bonds is 4. The quantitative estimate of drug-likeness (QED) is 0.695. The van der Waals surface area contributed by atoms with Crippen LogP contribution in [0.5, 0.6) is 0 Å². The molecule has 2 atom stereocenters. The predicted octanol–water partition coefficient (Wildman–Crippen LogP) is 2.20. The molecule has 0 aromatic carbocycles. The van der Waals surface area contributed by atoms with Gasteiger partial charge in [-0.3, -0.25) is 0 Å². The van der Waals surface area contributed by atoms with Crippen LogP contribution >= 0.6 is 0 Å². The lowest BCUT2D eigenvalue weighted by molar-refractivity contribution is 0.289. The highest BCUT2D eigenvalue weighted by Crippen LogP contribution is 2.36. The van der Waals surface area contributed by atoms with Crippen LogP contribution in [-0.2, 0) is 0 Å². The monoisotopic (exact) mass is 208 g/mol. The fraction of sp³-hybridized carbons (Fsp3) is 0.846. The van der Waals surface area contributed by atoms with Crippen LogP contribution in [0.3, 0.4) is 0 Å². The van der Waals surface area contributed by atoms with Gasteiger partial charge in [0.1, 0.15) is 0 Å². The summed E-state index contributed by atoms with van der Waals surface area (Å²) in [6.07, 6.45) is 12.2. The Hall–Kier alpha value is -0.340. The van der Waals surface area contributed by atoms with Crippen molar-refractivity contribution in [3.05, 3.63) is 12.2 Å². The summed E-state index contributed by atoms with van der Waals surface area (Å²) in [5.74, 6) is 0.899. The highest BCUT2D eigenvalue weighted by molar-refractivity contribution is 5.04. The van der Waals surface area contributed by atoms with E-state index in [0.717, 1.165) is 12.5 Å². The molecule has 0 amide bonds. The van der Waals surface area contributed by atoms with E-state index in [1.807, 2.05) is 0 Å². The first-order valence-corrected chi connectivity index (χ1v) is 6.41. The van der Waals surface area contributed by atoms with Gasteiger partial charge >= 0.3 is 0 Å². The summed E-state index contributed by atoms with van der Waals surface area (Å²) >= 11 is 0. The van der Waals surface area contributed by atoms with Gasteiger partial charge in [0.15, 0.2) is 0 Å². The standard InChI is InChI=1S/C13H24N2/c1-2-11-7-8-13(9-11,10-14)15-12-5-3-4-6-12/h3-4,11-12,15H,2,5-10,14H2,1H3. The summed E-state index contributed by atoms with van der Waals surface area (Å²) in [6.45, 7) is 3.11. The molecule has 2 unspecified atom stereocenters. The average Bonchev–Trinajstić information content (AvgIpc) is 2.88. The van der Waals surface area contributed by atoms with Gasteiger partial charge in [0.05, 0.1) is 0 Å². The van der Waals surface area contributed by atoms with E-state index < -0.39 is 0 Å². The normalized spacial score (nSPS) is 36.5. The Bertz CT molecular complexity index is 229. The van der Waals surface area contributed by atoms with Gasteiger partial charge in [-0.1, -0.05) is 25.5 Å². The first-order valence-electron chi connectivity index (χ1n) is 6.41. The molecule has 2 aliphatic rings. The maximum absolute atomic E-state index is 5.98. The summed E-state index contributed by atoms with van der Waals surface area (Å²) in [6, 6.07) is 0.657. The first-order chi connectivity index (χ1) is 7.28. The number of hydrogen-bond acceptors (Lipinski definition) is 2. The van der Waals surface area contributed by atoms with Crippen molar-refractivity contribution in [1.82, 2.24) is 5.32 Å². The Morgan fingerprint density at radius 1 is 1.40 bits per heavy atom. The Morgan fingerprint density at radius 2 is 2.13 bits per heavy atom. The molecule has 0 aromatic heterocycles. The van der Waals surface area contributed by atoms with Crippen molar-refractivity contribution >= 4 is 0 Å². The molecule has 86 valence electrons. The molecular weight excluding hydrogens is 184 g/mol. The Kier molecular flexibility index (Phi) is 3.47. The molecule has 0 aromatic rings. The zero-order valence-electron chi connectivity index (χ0n) is 9.84. The minimum atomic E-state index is 0.261. The van der Waals surface area contributed by atoms with E-state index in [1.165, 1.54) is 38.5 Å². The van der Waals surface area contributed by atoms with Crippen LogP contribution in [0.4, 0.5) is 0 Å². The van der Waals surface area contributed by atoms with Crippen LogP contribution in [-0.4, -0.2) is 18.1 Å². The molecule has 0 aliphatic heterocycles. The third-order valence-corrected chi connectivity index (χ3v) is 4.20. The molecule has 15 heavy (non-hydrogen) atoms. The molecule has 2 nitrogen and oxygen atoms in total. The molecule has 1 saturated carbocycles. The van der Waals surface area contributed by atoms with Crippen molar-refractivity contribution in [3.63, 3.8) is 0 Å². The van der Waals surface area contributed by atoms with E-state index >= 15 is 0 Å². The lowest BCUT2D eigenvalue weighted by Gasteiger charge is -2.33. The predicted molar refractivity (Wildman–Crippen MR) is 64.7 cm³/mol. The molecule has 2 heteroatoms. The number of nitrogens with two attached hydrogens (primary N) is 1. The molecule has 1 fully saturated rings. The van der Waals surface area contributed by atoms with E-state index in [0.29, 0.717) is 6.04 Å². The van der Waals surface area contributed by atoms with E-state index in [-0.39, 0.29) is 5.54 Å². The van der Waals surface area contributed by atoms with Gasteiger partial charge in [0, 0.05) is 18.1 Å². The van der Waals surface area contributed by atoms with Crippen molar-refractivity contribution in [2.24, 2.45) is 11.7 Å². The van der Waals surface area contributed by atoms with E-state index in [2.05, 4.69) is 24.4 Å². The highest BCUT2D eigenvalue weighted by Gasteiger charge is 2.38. The molecule has 2 rings (SSSR count). The zero-order chi connectivity index (χ0) is 10.7. The zero-order valence-corrected chi connectivity index (χ0v) is 9.84.